The zero-order valence-corrected chi connectivity index (χ0v) is 9.11. The molecule has 1 fully saturated rings. The average Bonchev–Trinajstić information content (AvgIpc) is 2.89. The van der Waals surface area contributed by atoms with Crippen molar-refractivity contribution in [3.05, 3.63) is 35.5 Å². The van der Waals surface area contributed by atoms with Crippen LogP contribution >= 0.6 is 0 Å². The van der Waals surface area contributed by atoms with E-state index in [2.05, 4.69) is 5.32 Å². The second-order valence-corrected chi connectivity index (χ2v) is 4.57. The Labute approximate surface area is 100 Å². The van der Waals surface area contributed by atoms with Crippen LogP contribution in [0.25, 0.3) is 10.9 Å². The molecule has 0 radical (unpaired) electrons. The van der Waals surface area contributed by atoms with Crippen molar-refractivity contribution < 1.29 is 18.3 Å². The summed E-state index contributed by atoms with van der Waals surface area (Å²) < 4.78 is 34.1. The van der Waals surface area contributed by atoms with E-state index in [9.17, 15) is 13.6 Å². The number of rotatable bonds is 0. The Balaban J connectivity index is 2.05. The number of aromatic nitrogens is 1. The number of carbonyl (C=O) groups excluding carboxylic acids is 1. The molecule has 2 aliphatic rings. The third-order valence-corrected chi connectivity index (χ3v) is 3.57. The normalized spacial score (nSPS) is 24.9. The summed E-state index contributed by atoms with van der Waals surface area (Å²) >= 11 is 0. The molecule has 3 heterocycles. The minimum Gasteiger partial charge on any atom is -0.439 e. The Hall–Kier alpha value is -2.11. The molecule has 1 aromatic carbocycles. The molecule has 18 heavy (non-hydrogen) atoms. The smallest absolute Gasteiger partial charge is 0.408 e. The zero-order valence-electron chi connectivity index (χ0n) is 9.11. The topological polar surface area (TPSA) is 43.3 Å². The summed E-state index contributed by atoms with van der Waals surface area (Å²) in [6.45, 7) is 0.498. The van der Waals surface area contributed by atoms with Gasteiger partial charge in [0.1, 0.15) is 0 Å². The average molecular weight is 250 g/mol. The summed E-state index contributed by atoms with van der Waals surface area (Å²) in [5.41, 5.74) is 1.12. The van der Waals surface area contributed by atoms with Crippen LogP contribution in [0, 0.1) is 11.6 Å². The number of halogens is 2. The van der Waals surface area contributed by atoms with Gasteiger partial charge in [-0.2, -0.15) is 0 Å². The van der Waals surface area contributed by atoms with Gasteiger partial charge in [0, 0.05) is 23.7 Å². The lowest BCUT2D eigenvalue weighted by Gasteiger charge is -2.25. The molecule has 1 saturated heterocycles. The molecule has 1 aromatic heterocycles. The van der Waals surface area contributed by atoms with E-state index in [-0.39, 0.29) is 11.4 Å². The number of nitrogens with one attached hydrogen (secondary N) is 1. The highest BCUT2D eigenvalue weighted by atomic mass is 19.2. The number of amides is 1. The number of ether oxygens (including phenoxy) is 1. The standard InChI is InChI=1S/C12H8F2N2O2/c13-7-3-6-10-5(9(7)14)1-2-16(10)4-8-11(6)18-12(17)15-8/h1-3,8,11H,4H2,(H,15,17)/t8-,11?/m0/s1. The van der Waals surface area contributed by atoms with Gasteiger partial charge in [-0.3, -0.25) is 0 Å². The van der Waals surface area contributed by atoms with Gasteiger partial charge in [0.15, 0.2) is 17.7 Å². The van der Waals surface area contributed by atoms with Crippen molar-refractivity contribution in [3.8, 4) is 0 Å². The Morgan fingerprint density at radius 1 is 1.44 bits per heavy atom. The fraction of sp³-hybridized carbons (Fsp3) is 0.250. The van der Waals surface area contributed by atoms with Gasteiger partial charge in [0.2, 0.25) is 0 Å². The van der Waals surface area contributed by atoms with Crippen LogP contribution < -0.4 is 5.32 Å². The van der Waals surface area contributed by atoms with E-state index < -0.39 is 23.8 Å². The quantitative estimate of drug-likeness (QED) is 0.778. The number of hydrogen-bond donors (Lipinski definition) is 1. The number of alkyl carbamates (subject to hydrolysis) is 1. The summed E-state index contributed by atoms with van der Waals surface area (Å²) in [5, 5.41) is 2.89. The summed E-state index contributed by atoms with van der Waals surface area (Å²) in [6, 6.07) is 2.43. The van der Waals surface area contributed by atoms with E-state index in [4.69, 9.17) is 4.74 Å². The third kappa shape index (κ3) is 1.05. The molecular weight excluding hydrogens is 242 g/mol. The Kier molecular flexibility index (Phi) is 1.65. The largest absolute Gasteiger partial charge is 0.439 e. The van der Waals surface area contributed by atoms with Crippen molar-refractivity contribution in [3.63, 3.8) is 0 Å². The van der Waals surface area contributed by atoms with Crippen LogP contribution in [0.5, 0.6) is 0 Å². The second-order valence-electron chi connectivity index (χ2n) is 4.57. The van der Waals surface area contributed by atoms with E-state index in [0.717, 1.165) is 6.07 Å². The predicted octanol–water partition coefficient (Wildman–Crippen LogP) is 2.08. The van der Waals surface area contributed by atoms with Crippen molar-refractivity contribution in [2.75, 3.05) is 0 Å². The molecule has 92 valence electrons. The first-order chi connectivity index (χ1) is 8.65. The van der Waals surface area contributed by atoms with E-state index in [1.165, 1.54) is 0 Å². The number of nitrogens with zero attached hydrogens (tertiary/aromatic N) is 1. The van der Waals surface area contributed by atoms with Gasteiger partial charge in [-0.05, 0) is 12.1 Å². The summed E-state index contributed by atoms with van der Waals surface area (Å²) in [4.78, 5) is 11.2. The van der Waals surface area contributed by atoms with Gasteiger partial charge in [-0.25, -0.2) is 13.6 Å². The third-order valence-electron chi connectivity index (χ3n) is 3.57. The minimum absolute atomic E-state index is 0.228. The molecule has 0 aliphatic carbocycles. The maximum atomic E-state index is 13.7. The molecule has 6 heteroatoms. The second kappa shape index (κ2) is 3.01. The van der Waals surface area contributed by atoms with Crippen molar-refractivity contribution >= 4 is 17.0 Å². The van der Waals surface area contributed by atoms with E-state index in [0.29, 0.717) is 17.6 Å². The van der Waals surface area contributed by atoms with Crippen LogP contribution in [-0.2, 0) is 11.3 Å². The molecule has 4 nitrogen and oxygen atoms in total. The van der Waals surface area contributed by atoms with Crippen molar-refractivity contribution in [2.24, 2.45) is 0 Å². The number of fused-ring (bicyclic) bond motifs is 2. The van der Waals surface area contributed by atoms with Gasteiger partial charge in [-0.15, -0.1) is 0 Å². The number of benzene rings is 1. The maximum Gasteiger partial charge on any atom is 0.408 e. The predicted molar refractivity (Wildman–Crippen MR) is 58.0 cm³/mol. The highest BCUT2D eigenvalue weighted by Crippen LogP contribution is 2.39. The van der Waals surface area contributed by atoms with Crippen LogP contribution in [0.3, 0.4) is 0 Å². The first kappa shape index (κ1) is 9.87. The molecule has 1 N–H and O–H groups in total. The minimum atomic E-state index is -0.918. The lowest BCUT2D eigenvalue weighted by molar-refractivity contribution is 0.128. The van der Waals surface area contributed by atoms with Gasteiger partial charge < -0.3 is 14.6 Å². The van der Waals surface area contributed by atoms with Gasteiger partial charge in [0.25, 0.3) is 0 Å². The molecule has 0 spiro atoms. The Morgan fingerprint density at radius 3 is 3.11 bits per heavy atom. The van der Waals surface area contributed by atoms with E-state index in [1.54, 1.807) is 12.3 Å². The van der Waals surface area contributed by atoms with E-state index >= 15 is 0 Å². The molecular formula is C12H8F2N2O2. The summed E-state index contributed by atoms with van der Waals surface area (Å²) in [6.07, 6.45) is 0.628. The first-order valence-electron chi connectivity index (χ1n) is 5.59. The van der Waals surface area contributed by atoms with Crippen LogP contribution in [0.2, 0.25) is 0 Å². The fourth-order valence-electron chi connectivity index (χ4n) is 2.83. The van der Waals surface area contributed by atoms with Crippen LogP contribution in [-0.4, -0.2) is 16.7 Å². The lowest BCUT2D eigenvalue weighted by atomic mass is 9.97. The van der Waals surface area contributed by atoms with Crippen LogP contribution in [0.1, 0.15) is 11.7 Å². The molecule has 1 unspecified atom stereocenters. The highest BCUT2D eigenvalue weighted by molar-refractivity contribution is 5.86. The molecule has 2 aromatic rings. The Bertz CT molecular complexity index is 695. The SMILES string of the molecule is O=C1N[C@H]2Cn3ccc4c(F)c(F)cc(c43)C2O1. The zero-order chi connectivity index (χ0) is 12.4. The van der Waals surface area contributed by atoms with E-state index in [1.807, 2.05) is 4.57 Å². The van der Waals surface area contributed by atoms with Crippen molar-refractivity contribution in [1.82, 2.24) is 9.88 Å². The lowest BCUT2D eigenvalue weighted by Crippen LogP contribution is -2.34. The monoisotopic (exact) mass is 250 g/mol. The summed E-state index contributed by atoms with van der Waals surface area (Å²) in [7, 11) is 0. The molecule has 4 rings (SSSR count). The summed E-state index contributed by atoms with van der Waals surface area (Å²) in [5.74, 6) is -1.78. The van der Waals surface area contributed by atoms with Gasteiger partial charge in [0.05, 0.1) is 11.6 Å². The molecule has 0 saturated carbocycles. The first-order valence-corrected chi connectivity index (χ1v) is 5.59. The molecule has 0 bridgehead atoms. The fourth-order valence-corrected chi connectivity index (χ4v) is 2.83. The number of carbonyl (C=O) groups is 1. The maximum absolute atomic E-state index is 13.7. The molecule has 2 aliphatic heterocycles. The highest BCUT2D eigenvalue weighted by Gasteiger charge is 2.40. The molecule has 1 amide bonds. The van der Waals surface area contributed by atoms with Crippen LogP contribution in [0.4, 0.5) is 13.6 Å². The number of hydrogen-bond acceptors (Lipinski definition) is 2. The van der Waals surface area contributed by atoms with Gasteiger partial charge >= 0.3 is 6.09 Å². The van der Waals surface area contributed by atoms with Crippen molar-refractivity contribution in [2.45, 2.75) is 18.7 Å². The Morgan fingerprint density at radius 2 is 2.28 bits per heavy atom. The van der Waals surface area contributed by atoms with Crippen molar-refractivity contribution in [1.29, 1.82) is 0 Å². The molecule has 2 atom stereocenters. The van der Waals surface area contributed by atoms with Crippen LogP contribution in [0.15, 0.2) is 18.3 Å². The van der Waals surface area contributed by atoms with Gasteiger partial charge in [-0.1, -0.05) is 0 Å².